The van der Waals surface area contributed by atoms with E-state index in [0.29, 0.717) is 6.42 Å². The number of carbonyl (C=O) groups is 4. The minimum atomic E-state index is -1.04. The van der Waals surface area contributed by atoms with Gasteiger partial charge in [-0.3, -0.25) is 14.4 Å². The zero-order valence-electron chi connectivity index (χ0n) is 24.3. The lowest BCUT2D eigenvalue weighted by Gasteiger charge is -2.37. The first kappa shape index (κ1) is 31.4. The van der Waals surface area contributed by atoms with Crippen molar-refractivity contribution in [2.75, 3.05) is 7.05 Å². The molecule has 0 aromatic carbocycles. The van der Waals surface area contributed by atoms with Crippen LogP contribution >= 0.6 is 0 Å². The average molecular weight is 549 g/mol. The SMILES string of the molecule is CC(C)C[C@H](C(=O)O)N(C)C(=O)[C@H](NC(=O)[C@H](NC(=O)[C@H](N)C1CCCC1)C1CCCCC1)C1CCCCC1. The molecule has 0 saturated heterocycles. The fourth-order valence-electron chi connectivity index (χ4n) is 6.98. The van der Waals surface area contributed by atoms with E-state index in [2.05, 4.69) is 10.6 Å². The number of carbonyl (C=O) groups excluding carboxylic acids is 3. The number of carboxylic acids is 1. The van der Waals surface area contributed by atoms with Crippen molar-refractivity contribution in [2.24, 2.45) is 29.4 Å². The smallest absolute Gasteiger partial charge is 0.326 e. The van der Waals surface area contributed by atoms with Gasteiger partial charge in [0.05, 0.1) is 6.04 Å². The standard InChI is InChI=1S/C30H52N4O5/c1-19(2)18-23(30(38)39)34(3)29(37)26(22-16-8-5-9-17-22)33-28(36)25(21-14-6-4-7-15-21)32-27(35)24(31)20-12-10-11-13-20/h19-26H,4-18,31H2,1-3H3,(H,32,35)(H,33,36)(H,38,39)/t23-,24-,25-,26-/m1/s1. The number of nitrogens with zero attached hydrogens (tertiary/aromatic N) is 1. The summed E-state index contributed by atoms with van der Waals surface area (Å²) >= 11 is 0. The van der Waals surface area contributed by atoms with Crippen LogP contribution in [0.5, 0.6) is 0 Å². The lowest BCUT2D eigenvalue weighted by atomic mass is 9.81. The van der Waals surface area contributed by atoms with Crippen molar-refractivity contribution in [1.82, 2.24) is 15.5 Å². The van der Waals surface area contributed by atoms with Crippen LogP contribution in [0.3, 0.4) is 0 Å². The second kappa shape index (κ2) is 15.0. The van der Waals surface area contributed by atoms with E-state index in [-0.39, 0.29) is 41.4 Å². The number of aliphatic carboxylic acids is 1. The van der Waals surface area contributed by atoms with Crippen LogP contribution < -0.4 is 16.4 Å². The van der Waals surface area contributed by atoms with Crippen LogP contribution in [-0.4, -0.2) is 64.9 Å². The van der Waals surface area contributed by atoms with Crippen molar-refractivity contribution in [2.45, 2.75) is 134 Å². The quantitative estimate of drug-likeness (QED) is 0.294. The molecule has 0 bridgehead atoms. The summed E-state index contributed by atoms with van der Waals surface area (Å²) in [5, 5.41) is 15.9. The van der Waals surface area contributed by atoms with E-state index in [1.807, 2.05) is 13.8 Å². The van der Waals surface area contributed by atoms with E-state index in [4.69, 9.17) is 5.73 Å². The summed E-state index contributed by atoms with van der Waals surface area (Å²) in [7, 11) is 1.53. The van der Waals surface area contributed by atoms with Crippen LogP contribution in [0.2, 0.25) is 0 Å². The van der Waals surface area contributed by atoms with Gasteiger partial charge >= 0.3 is 5.97 Å². The molecule has 0 radical (unpaired) electrons. The van der Waals surface area contributed by atoms with Crippen molar-refractivity contribution in [3.05, 3.63) is 0 Å². The number of hydrogen-bond acceptors (Lipinski definition) is 5. The minimum absolute atomic E-state index is 0.00831. The lowest BCUT2D eigenvalue weighted by molar-refractivity contribution is -0.152. The van der Waals surface area contributed by atoms with Crippen LogP contribution in [0.4, 0.5) is 0 Å². The second-order valence-corrected chi connectivity index (χ2v) is 12.8. The molecule has 3 fully saturated rings. The third-order valence-electron chi connectivity index (χ3n) is 9.39. The summed E-state index contributed by atoms with van der Waals surface area (Å²) in [4.78, 5) is 54.4. The van der Waals surface area contributed by atoms with Gasteiger partial charge in [0.2, 0.25) is 17.7 Å². The Bertz CT molecular complexity index is 831. The Morgan fingerprint density at radius 1 is 0.744 bits per heavy atom. The highest BCUT2D eigenvalue weighted by atomic mass is 16.4. The number of carboxylic acid groups (broad SMARTS) is 1. The maximum atomic E-state index is 13.9. The van der Waals surface area contributed by atoms with Gasteiger partial charge in [0.25, 0.3) is 0 Å². The van der Waals surface area contributed by atoms with Crippen LogP contribution in [0, 0.1) is 23.7 Å². The van der Waals surface area contributed by atoms with Gasteiger partial charge in [0.15, 0.2) is 0 Å². The number of rotatable bonds is 12. The van der Waals surface area contributed by atoms with E-state index in [1.54, 1.807) is 0 Å². The first-order valence-electron chi connectivity index (χ1n) is 15.5. The Kier molecular flexibility index (Phi) is 12.1. The van der Waals surface area contributed by atoms with E-state index in [1.165, 1.54) is 11.9 Å². The van der Waals surface area contributed by atoms with Gasteiger partial charge < -0.3 is 26.4 Å². The molecule has 39 heavy (non-hydrogen) atoms. The van der Waals surface area contributed by atoms with Gasteiger partial charge in [-0.1, -0.05) is 65.2 Å². The first-order chi connectivity index (χ1) is 18.6. The largest absolute Gasteiger partial charge is 0.480 e. The van der Waals surface area contributed by atoms with Gasteiger partial charge in [-0.15, -0.1) is 0 Å². The molecule has 4 atom stereocenters. The molecule has 0 unspecified atom stereocenters. The van der Waals surface area contributed by atoms with E-state index in [0.717, 1.165) is 89.9 Å². The van der Waals surface area contributed by atoms with Crippen molar-refractivity contribution in [3.8, 4) is 0 Å². The number of nitrogens with one attached hydrogen (secondary N) is 2. The van der Waals surface area contributed by atoms with E-state index in [9.17, 15) is 24.3 Å². The molecule has 0 aromatic rings. The second-order valence-electron chi connectivity index (χ2n) is 12.8. The number of nitrogens with two attached hydrogens (primary N) is 1. The molecular weight excluding hydrogens is 496 g/mol. The fourth-order valence-corrected chi connectivity index (χ4v) is 6.98. The topological polar surface area (TPSA) is 142 Å². The van der Waals surface area contributed by atoms with Gasteiger partial charge in [-0.2, -0.15) is 0 Å². The summed E-state index contributed by atoms with van der Waals surface area (Å²) in [6, 6.07) is -3.16. The molecule has 3 saturated carbocycles. The van der Waals surface area contributed by atoms with Gasteiger partial charge in [-0.05, 0) is 68.6 Å². The number of hydrogen-bond donors (Lipinski definition) is 4. The summed E-state index contributed by atoms with van der Waals surface area (Å²) in [6.45, 7) is 3.87. The Morgan fingerprint density at radius 3 is 1.67 bits per heavy atom. The summed E-state index contributed by atoms with van der Waals surface area (Å²) in [5.74, 6) is -1.87. The van der Waals surface area contributed by atoms with Gasteiger partial charge in [0, 0.05) is 7.05 Å². The summed E-state index contributed by atoms with van der Waals surface area (Å²) in [6.07, 6.45) is 13.8. The molecule has 222 valence electrons. The molecule has 3 rings (SSSR count). The predicted molar refractivity (Wildman–Crippen MR) is 151 cm³/mol. The molecule has 0 aromatic heterocycles. The van der Waals surface area contributed by atoms with Crippen LogP contribution in [0.1, 0.15) is 110 Å². The van der Waals surface area contributed by atoms with Crippen LogP contribution in [0.25, 0.3) is 0 Å². The van der Waals surface area contributed by atoms with E-state index >= 15 is 0 Å². The third kappa shape index (κ3) is 8.66. The van der Waals surface area contributed by atoms with Crippen LogP contribution in [0.15, 0.2) is 0 Å². The highest BCUT2D eigenvalue weighted by Gasteiger charge is 2.40. The van der Waals surface area contributed by atoms with Crippen molar-refractivity contribution < 1.29 is 24.3 Å². The Hall–Kier alpha value is -2.16. The monoisotopic (exact) mass is 548 g/mol. The highest BCUT2D eigenvalue weighted by molar-refractivity contribution is 5.94. The summed E-state index contributed by atoms with van der Waals surface area (Å²) in [5.41, 5.74) is 6.35. The van der Waals surface area contributed by atoms with Crippen molar-refractivity contribution >= 4 is 23.7 Å². The molecule has 3 amide bonds. The fraction of sp³-hybridized carbons (Fsp3) is 0.867. The molecule has 9 heteroatoms. The molecule has 0 aliphatic heterocycles. The zero-order valence-corrected chi connectivity index (χ0v) is 24.3. The predicted octanol–water partition coefficient (Wildman–Crippen LogP) is 3.59. The van der Waals surface area contributed by atoms with E-state index < -0.39 is 30.1 Å². The minimum Gasteiger partial charge on any atom is -0.480 e. The molecule has 0 spiro atoms. The maximum Gasteiger partial charge on any atom is 0.326 e. The number of amides is 3. The van der Waals surface area contributed by atoms with Gasteiger partial charge in [0.1, 0.15) is 18.1 Å². The molecule has 5 N–H and O–H groups in total. The highest BCUT2D eigenvalue weighted by Crippen LogP contribution is 2.31. The first-order valence-corrected chi connectivity index (χ1v) is 15.5. The summed E-state index contributed by atoms with van der Waals surface area (Å²) < 4.78 is 0. The third-order valence-corrected chi connectivity index (χ3v) is 9.39. The molecule has 3 aliphatic carbocycles. The normalized spacial score (nSPS) is 22.6. The molecule has 0 heterocycles. The van der Waals surface area contributed by atoms with Gasteiger partial charge in [-0.25, -0.2) is 4.79 Å². The Labute approximate surface area is 234 Å². The molecule has 9 nitrogen and oxygen atoms in total. The Balaban J connectivity index is 1.81. The molecular formula is C30H52N4O5. The molecule has 3 aliphatic rings. The van der Waals surface area contributed by atoms with Crippen molar-refractivity contribution in [3.63, 3.8) is 0 Å². The maximum absolute atomic E-state index is 13.9. The Morgan fingerprint density at radius 2 is 1.18 bits per heavy atom. The van der Waals surface area contributed by atoms with Crippen LogP contribution in [-0.2, 0) is 19.2 Å². The number of likely N-dealkylation sites (N-methyl/N-ethyl adjacent to an activating group) is 1. The van der Waals surface area contributed by atoms with Crippen molar-refractivity contribution in [1.29, 1.82) is 0 Å². The lowest BCUT2D eigenvalue weighted by Crippen LogP contribution is -2.61. The zero-order chi connectivity index (χ0) is 28.5. The average Bonchev–Trinajstić information content (AvgIpc) is 3.47.